The van der Waals surface area contributed by atoms with Crippen molar-refractivity contribution >= 4 is 0 Å². The first-order valence-corrected chi connectivity index (χ1v) is 9.04. The lowest BCUT2D eigenvalue weighted by atomic mass is 9.78. The van der Waals surface area contributed by atoms with Gasteiger partial charge in [0.05, 0.1) is 18.8 Å². The molecule has 2 fully saturated rings. The minimum atomic E-state index is -1.17. The molecule has 1 aromatic carbocycles. The molecule has 24 heavy (non-hydrogen) atoms. The smallest absolute Gasteiger partial charge is 0.109 e. The maximum atomic E-state index is 10.1. The van der Waals surface area contributed by atoms with Crippen LogP contribution in [0.4, 0.5) is 0 Å². The van der Waals surface area contributed by atoms with Crippen LogP contribution in [0.2, 0.25) is 0 Å². The molecular weight excluding hydrogens is 306 g/mol. The number of aliphatic hydroxyl groups excluding tert-OH is 4. The van der Waals surface area contributed by atoms with E-state index in [9.17, 15) is 20.4 Å². The average molecular weight is 335 g/mol. The first kappa shape index (κ1) is 17.8. The summed E-state index contributed by atoms with van der Waals surface area (Å²) >= 11 is 0. The van der Waals surface area contributed by atoms with Crippen molar-refractivity contribution in [3.8, 4) is 0 Å². The van der Waals surface area contributed by atoms with E-state index < -0.39 is 24.4 Å². The molecular formula is C19H29NO4. The number of hydrogen-bond donors (Lipinski definition) is 4. The molecule has 4 atom stereocenters. The van der Waals surface area contributed by atoms with Gasteiger partial charge in [0, 0.05) is 13.1 Å². The number of likely N-dealkylation sites (tertiary alicyclic amines) is 1. The Morgan fingerprint density at radius 1 is 0.917 bits per heavy atom. The van der Waals surface area contributed by atoms with Crippen molar-refractivity contribution in [3.63, 3.8) is 0 Å². The first-order valence-electron chi connectivity index (χ1n) is 9.04. The number of β-amino-alcohol motifs (C(OH)–C–C–N with tert-alkyl or cyclic N) is 1. The highest BCUT2D eigenvalue weighted by molar-refractivity contribution is 5.19. The predicted molar refractivity (Wildman–Crippen MR) is 91.6 cm³/mol. The summed E-state index contributed by atoms with van der Waals surface area (Å²) in [6.45, 7) is 0.861. The third kappa shape index (κ3) is 3.81. The Balaban J connectivity index is 1.55. The maximum Gasteiger partial charge on any atom is 0.109 e. The average Bonchev–Trinajstić information content (AvgIpc) is 2.61. The quantitative estimate of drug-likeness (QED) is 0.652. The molecule has 4 N–H and O–H groups in total. The summed E-state index contributed by atoms with van der Waals surface area (Å²) in [4.78, 5) is 1.95. The van der Waals surface area contributed by atoms with Crippen molar-refractivity contribution in [2.75, 3.05) is 19.7 Å². The third-order valence-corrected chi connectivity index (χ3v) is 5.83. The van der Waals surface area contributed by atoms with Crippen molar-refractivity contribution < 1.29 is 20.4 Å². The number of piperidine rings is 1. The number of rotatable bonds is 4. The lowest BCUT2D eigenvalue weighted by Gasteiger charge is -2.45. The summed E-state index contributed by atoms with van der Waals surface area (Å²) < 4.78 is 0. The zero-order valence-electron chi connectivity index (χ0n) is 14.0. The lowest BCUT2D eigenvalue weighted by molar-refractivity contribution is -0.148. The van der Waals surface area contributed by atoms with Crippen molar-refractivity contribution in [3.05, 3.63) is 35.9 Å². The van der Waals surface area contributed by atoms with Gasteiger partial charge in [-0.2, -0.15) is 0 Å². The van der Waals surface area contributed by atoms with Crippen molar-refractivity contribution in [2.45, 2.75) is 56.0 Å². The molecule has 0 spiro atoms. The van der Waals surface area contributed by atoms with E-state index in [0.717, 1.165) is 32.2 Å². The van der Waals surface area contributed by atoms with E-state index >= 15 is 0 Å². The highest BCUT2D eigenvalue weighted by Gasteiger charge is 2.41. The van der Waals surface area contributed by atoms with Crippen LogP contribution in [0, 0.1) is 5.92 Å². The Morgan fingerprint density at radius 3 is 2.21 bits per heavy atom. The van der Waals surface area contributed by atoms with Crippen LogP contribution in [0.3, 0.4) is 0 Å². The van der Waals surface area contributed by atoms with Gasteiger partial charge in [-0.1, -0.05) is 30.3 Å². The zero-order chi connectivity index (χ0) is 17.1. The van der Waals surface area contributed by atoms with Gasteiger partial charge in [-0.3, -0.25) is 4.90 Å². The fourth-order valence-corrected chi connectivity index (χ4v) is 4.32. The first-order chi connectivity index (χ1) is 11.6. The van der Waals surface area contributed by atoms with Crippen LogP contribution in [0.1, 0.15) is 37.2 Å². The third-order valence-electron chi connectivity index (χ3n) is 5.83. The van der Waals surface area contributed by atoms with Crippen LogP contribution in [0.25, 0.3) is 0 Å². The predicted octanol–water partition coefficient (Wildman–Crippen LogP) is 0.720. The standard InChI is InChI=1S/C19H29NO4/c21-12-16-18(23)19(24)17(22)11-20(16)10-13-6-8-15(9-7-13)14-4-2-1-3-5-14/h1-5,13,15-19,21-24H,6-12H2/t13?,15?,16-,17-,18+,19+/m0/s1. The number of nitrogens with zero attached hydrogens (tertiary/aromatic N) is 1. The Kier molecular flexibility index (Phi) is 5.89. The molecule has 1 aliphatic heterocycles. The van der Waals surface area contributed by atoms with E-state index in [1.54, 1.807) is 0 Å². The van der Waals surface area contributed by atoms with Crippen LogP contribution < -0.4 is 0 Å². The monoisotopic (exact) mass is 335 g/mol. The summed E-state index contributed by atoms with van der Waals surface area (Å²) in [5, 5.41) is 39.4. The molecule has 5 nitrogen and oxygen atoms in total. The van der Waals surface area contributed by atoms with E-state index in [4.69, 9.17) is 0 Å². The van der Waals surface area contributed by atoms with Crippen LogP contribution in [0.15, 0.2) is 30.3 Å². The molecule has 1 aliphatic carbocycles. The fraction of sp³-hybridized carbons (Fsp3) is 0.684. The van der Waals surface area contributed by atoms with Gasteiger partial charge >= 0.3 is 0 Å². The van der Waals surface area contributed by atoms with Gasteiger partial charge in [-0.15, -0.1) is 0 Å². The zero-order valence-corrected chi connectivity index (χ0v) is 14.0. The Hall–Kier alpha value is -0.980. The molecule has 3 rings (SSSR count). The second-order valence-corrected chi connectivity index (χ2v) is 7.38. The highest BCUT2D eigenvalue weighted by Crippen LogP contribution is 2.36. The largest absolute Gasteiger partial charge is 0.395 e. The van der Waals surface area contributed by atoms with Gasteiger partial charge in [0.25, 0.3) is 0 Å². The Morgan fingerprint density at radius 2 is 1.58 bits per heavy atom. The van der Waals surface area contributed by atoms with Gasteiger partial charge in [0.15, 0.2) is 0 Å². The minimum absolute atomic E-state index is 0.204. The number of benzene rings is 1. The minimum Gasteiger partial charge on any atom is -0.395 e. The van der Waals surface area contributed by atoms with Crippen LogP contribution >= 0.6 is 0 Å². The van der Waals surface area contributed by atoms with Crippen LogP contribution in [-0.2, 0) is 0 Å². The van der Waals surface area contributed by atoms with Crippen molar-refractivity contribution in [2.24, 2.45) is 5.92 Å². The van der Waals surface area contributed by atoms with Gasteiger partial charge in [0.1, 0.15) is 12.2 Å². The number of hydrogen-bond acceptors (Lipinski definition) is 5. The van der Waals surface area contributed by atoms with E-state index in [2.05, 4.69) is 24.3 Å². The molecule has 1 saturated heterocycles. The van der Waals surface area contributed by atoms with E-state index in [0.29, 0.717) is 18.4 Å². The second kappa shape index (κ2) is 7.93. The van der Waals surface area contributed by atoms with Gasteiger partial charge < -0.3 is 20.4 Å². The maximum absolute atomic E-state index is 10.1. The SMILES string of the molecule is OC[C@H]1[C@@H](O)[C@H](O)[C@@H](O)CN1CC1CCC(c2ccccc2)CC1. The normalized spacial score (nSPS) is 38.2. The molecule has 1 saturated carbocycles. The van der Waals surface area contributed by atoms with E-state index in [1.165, 1.54) is 5.56 Å². The van der Waals surface area contributed by atoms with Crippen LogP contribution in [-0.4, -0.2) is 69.4 Å². The molecule has 0 bridgehead atoms. The van der Waals surface area contributed by atoms with Gasteiger partial charge in [-0.25, -0.2) is 0 Å². The molecule has 0 radical (unpaired) electrons. The summed E-state index contributed by atoms with van der Waals surface area (Å²) in [7, 11) is 0. The lowest BCUT2D eigenvalue weighted by Crippen LogP contribution is -2.63. The molecule has 5 heteroatoms. The summed E-state index contributed by atoms with van der Waals surface area (Å²) in [5.74, 6) is 1.13. The molecule has 0 aromatic heterocycles. The fourth-order valence-electron chi connectivity index (χ4n) is 4.32. The molecule has 0 unspecified atom stereocenters. The second-order valence-electron chi connectivity index (χ2n) is 7.38. The van der Waals surface area contributed by atoms with Crippen LogP contribution in [0.5, 0.6) is 0 Å². The topological polar surface area (TPSA) is 84.2 Å². The number of aliphatic hydroxyl groups is 4. The Bertz CT molecular complexity index is 503. The summed E-state index contributed by atoms with van der Waals surface area (Å²) in [5.41, 5.74) is 1.41. The molecule has 1 heterocycles. The van der Waals surface area contributed by atoms with E-state index in [-0.39, 0.29) is 6.61 Å². The molecule has 2 aliphatic rings. The Labute approximate surface area is 143 Å². The highest BCUT2D eigenvalue weighted by atomic mass is 16.4. The van der Waals surface area contributed by atoms with Crippen molar-refractivity contribution in [1.29, 1.82) is 0 Å². The van der Waals surface area contributed by atoms with Gasteiger partial charge in [-0.05, 0) is 43.1 Å². The molecule has 1 aromatic rings. The van der Waals surface area contributed by atoms with Crippen molar-refractivity contribution in [1.82, 2.24) is 4.90 Å². The summed E-state index contributed by atoms with van der Waals surface area (Å²) in [6, 6.07) is 10.1. The molecule has 134 valence electrons. The van der Waals surface area contributed by atoms with E-state index in [1.807, 2.05) is 11.0 Å². The van der Waals surface area contributed by atoms with Gasteiger partial charge in [0.2, 0.25) is 0 Å². The summed E-state index contributed by atoms with van der Waals surface area (Å²) in [6.07, 6.45) is 1.31. The molecule has 0 amide bonds.